The SMILES string of the molecule is CCOc1ncc(C(=O)N2CCCC3(CCOC3)C2)cc1Cl. The summed E-state index contributed by atoms with van der Waals surface area (Å²) in [6.45, 7) is 5.47. The Hall–Kier alpha value is -1.33. The van der Waals surface area contributed by atoms with Crippen LogP contribution >= 0.6 is 11.6 Å². The normalized spacial score (nSPS) is 24.7. The Kier molecular flexibility index (Phi) is 4.54. The molecule has 120 valence electrons. The molecule has 2 aliphatic heterocycles. The van der Waals surface area contributed by atoms with Gasteiger partial charge in [-0.25, -0.2) is 4.98 Å². The van der Waals surface area contributed by atoms with Crippen LogP contribution in [0.4, 0.5) is 0 Å². The molecule has 22 heavy (non-hydrogen) atoms. The average molecular weight is 325 g/mol. The van der Waals surface area contributed by atoms with E-state index >= 15 is 0 Å². The van der Waals surface area contributed by atoms with Crippen molar-refractivity contribution in [1.82, 2.24) is 9.88 Å². The van der Waals surface area contributed by atoms with Gasteiger partial charge in [0.05, 0.1) is 18.8 Å². The van der Waals surface area contributed by atoms with Crippen molar-refractivity contribution < 1.29 is 14.3 Å². The van der Waals surface area contributed by atoms with Gasteiger partial charge in [0.2, 0.25) is 5.88 Å². The summed E-state index contributed by atoms with van der Waals surface area (Å²) in [6.07, 6.45) is 4.75. The van der Waals surface area contributed by atoms with Gasteiger partial charge >= 0.3 is 0 Å². The molecule has 0 radical (unpaired) electrons. The van der Waals surface area contributed by atoms with Gasteiger partial charge < -0.3 is 14.4 Å². The first kappa shape index (κ1) is 15.6. The quantitative estimate of drug-likeness (QED) is 0.858. The number of aromatic nitrogens is 1. The molecular weight excluding hydrogens is 304 g/mol. The number of rotatable bonds is 3. The molecule has 1 aromatic heterocycles. The molecule has 6 heteroatoms. The van der Waals surface area contributed by atoms with Gasteiger partial charge in [-0.2, -0.15) is 0 Å². The van der Waals surface area contributed by atoms with Crippen LogP contribution in [0, 0.1) is 5.41 Å². The molecule has 2 fully saturated rings. The largest absolute Gasteiger partial charge is 0.477 e. The first-order chi connectivity index (χ1) is 10.6. The third kappa shape index (κ3) is 3.06. The van der Waals surface area contributed by atoms with Crippen LogP contribution in [0.5, 0.6) is 5.88 Å². The molecule has 1 amide bonds. The van der Waals surface area contributed by atoms with Crippen molar-refractivity contribution in [3.8, 4) is 5.88 Å². The highest BCUT2D eigenvalue weighted by Gasteiger charge is 2.40. The number of nitrogens with zero attached hydrogens (tertiary/aromatic N) is 2. The van der Waals surface area contributed by atoms with Crippen molar-refractivity contribution in [3.63, 3.8) is 0 Å². The Morgan fingerprint density at radius 3 is 3.09 bits per heavy atom. The molecule has 1 atom stereocenters. The van der Waals surface area contributed by atoms with Crippen LogP contribution in [0.3, 0.4) is 0 Å². The lowest BCUT2D eigenvalue weighted by molar-refractivity contribution is 0.0462. The van der Waals surface area contributed by atoms with Crippen LogP contribution < -0.4 is 4.74 Å². The van der Waals surface area contributed by atoms with Crippen molar-refractivity contribution in [2.75, 3.05) is 32.9 Å². The van der Waals surface area contributed by atoms with Crippen LogP contribution in [0.2, 0.25) is 5.02 Å². The molecule has 0 saturated carbocycles. The molecule has 0 aromatic carbocycles. The molecular formula is C16H21ClN2O3. The molecule has 0 bridgehead atoms. The van der Waals surface area contributed by atoms with Gasteiger partial charge in [-0.1, -0.05) is 11.6 Å². The topological polar surface area (TPSA) is 51.7 Å². The summed E-state index contributed by atoms with van der Waals surface area (Å²) in [4.78, 5) is 18.8. The van der Waals surface area contributed by atoms with E-state index in [4.69, 9.17) is 21.1 Å². The molecule has 3 heterocycles. The lowest BCUT2D eigenvalue weighted by atomic mass is 9.79. The van der Waals surface area contributed by atoms with E-state index in [0.29, 0.717) is 23.1 Å². The second-order valence-corrected chi connectivity index (χ2v) is 6.48. The van der Waals surface area contributed by atoms with Gasteiger partial charge in [0, 0.05) is 31.3 Å². The first-order valence-corrected chi connectivity index (χ1v) is 8.17. The standard InChI is InChI=1S/C16H21ClN2O3/c1-2-22-14-13(17)8-12(9-18-14)15(20)19-6-3-4-16(10-19)5-7-21-11-16/h8-9H,2-7,10-11H2,1H3. The Morgan fingerprint density at radius 2 is 2.41 bits per heavy atom. The first-order valence-electron chi connectivity index (χ1n) is 7.79. The predicted octanol–water partition coefficient (Wildman–Crippen LogP) is 2.78. The van der Waals surface area contributed by atoms with E-state index in [1.54, 1.807) is 12.3 Å². The molecule has 5 nitrogen and oxygen atoms in total. The van der Waals surface area contributed by atoms with E-state index < -0.39 is 0 Å². The lowest BCUT2D eigenvalue weighted by Crippen LogP contribution is -2.46. The summed E-state index contributed by atoms with van der Waals surface area (Å²) in [5.74, 6) is 0.364. The van der Waals surface area contributed by atoms with Crippen LogP contribution in [0.1, 0.15) is 36.5 Å². The minimum Gasteiger partial charge on any atom is -0.477 e. The van der Waals surface area contributed by atoms with Crippen LogP contribution in [-0.2, 0) is 4.74 Å². The van der Waals surface area contributed by atoms with Crippen LogP contribution in [0.25, 0.3) is 0 Å². The summed E-state index contributed by atoms with van der Waals surface area (Å²) in [7, 11) is 0. The minimum absolute atomic E-state index is 0.0107. The smallest absolute Gasteiger partial charge is 0.255 e. The van der Waals surface area contributed by atoms with Crippen molar-refractivity contribution in [2.45, 2.75) is 26.2 Å². The summed E-state index contributed by atoms with van der Waals surface area (Å²) >= 11 is 6.13. The minimum atomic E-state index is -0.0107. The number of piperidine rings is 1. The number of hydrogen-bond acceptors (Lipinski definition) is 4. The lowest BCUT2D eigenvalue weighted by Gasteiger charge is -2.39. The molecule has 1 spiro atoms. The molecule has 0 N–H and O–H groups in total. The maximum Gasteiger partial charge on any atom is 0.255 e. The van der Waals surface area contributed by atoms with Gasteiger partial charge in [-0.05, 0) is 32.3 Å². The van der Waals surface area contributed by atoms with Crippen LogP contribution in [-0.4, -0.2) is 48.7 Å². The third-order valence-electron chi connectivity index (χ3n) is 4.47. The zero-order chi connectivity index (χ0) is 15.6. The monoisotopic (exact) mass is 324 g/mol. The van der Waals surface area contributed by atoms with Gasteiger partial charge in [0.25, 0.3) is 5.91 Å². The second kappa shape index (κ2) is 6.42. The zero-order valence-electron chi connectivity index (χ0n) is 12.8. The summed E-state index contributed by atoms with van der Waals surface area (Å²) in [6, 6.07) is 1.65. The number of halogens is 1. The fourth-order valence-corrected chi connectivity index (χ4v) is 3.54. The molecule has 1 aromatic rings. The Labute approximate surface area is 135 Å². The molecule has 3 rings (SSSR count). The number of carbonyl (C=O) groups excluding carboxylic acids is 1. The zero-order valence-corrected chi connectivity index (χ0v) is 13.6. The molecule has 1 unspecified atom stereocenters. The maximum atomic E-state index is 12.7. The number of hydrogen-bond donors (Lipinski definition) is 0. The highest BCUT2D eigenvalue weighted by Crippen LogP contribution is 2.38. The second-order valence-electron chi connectivity index (χ2n) is 6.08. The van der Waals surface area contributed by atoms with Crippen LogP contribution in [0.15, 0.2) is 12.3 Å². The Balaban J connectivity index is 1.74. The van der Waals surface area contributed by atoms with E-state index in [1.165, 1.54) is 0 Å². The molecule has 2 saturated heterocycles. The fraction of sp³-hybridized carbons (Fsp3) is 0.625. The molecule has 0 aliphatic carbocycles. The highest BCUT2D eigenvalue weighted by molar-refractivity contribution is 6.32. The van der Waals surface area contributed by atoms with Gasteiger partial charge in [0.15, 0.2) is 0 Å². The number of carbonyl (C=O) groups is 1. The van der Waals surface area contributed by atoms with E-state index in [2.05, 4.69) is 4.98 Å². The van der Waals surface area contributed by atoms with E-state index in [-0.39, 0.29) is 11.3 Å². The van der Waals surface area contributed by atoms with Crippen molar-refractivity contribution in [1.29, 1.82) is 0 Å². The number of amides is 1. The highest BCUT2D eigenvalue weighted by atomic mass is 35.5. The maximum absolute atomic E-state index is 12.7. The van der Waals surface area contributed by atoms with Crippen molar-refractivity contribution in [2.24, 2.45) is 5.41 Å². The van der Waals surface area contributed by atoms with Crippen molar-refractivity contribution in [3.05, 3.63) is 22.8 Å². The van der Waals surface area contributed by atoms with Gasteiger partial charge in [0.1, 0.15) is 5.02 Å². The number of pyridine rings is 1. The summed E-state index contributed by atoms with van der Waals surface area (Å²) in [5, 5.41) is 0.378. The predicted molar refractivity (Wildman–Crippen MR) is 83.4 cm³/mol. The van der Waals surface area contributed by atoms with Gasteiger partial charge in [-0.15, -0.1) is 0 Å². The van der Waals surface area contributed by atoms with E-state index in [1.807, 2.05) is 11.8 Å². The van der Waals surface area contributed by atoms with E-state index in [9.17, 15) is 4.79 Å². The van der Waals surface area contributed by atoms with Gasteiger partial charge in [-0.3, -0.25) is 4.79 Å². The Morgan fingerprint density at radius 1 is 1.55 bits per heavy atom. The average Bonchev–Trinajstić information content (AvgIpc) is 2.96. The summed E-state index contributed by atoms with van der Waals surface area (Å²) in [5.41, 5.74) is 0.667. The molecule has 2 aliphatic rings. The summed E-state index contributed by atoms with van der Waals surface area (Å²) < 4.78 is 10.9. The fourth-order valence-electron chi connectivity index (χ4n) is 3.32. The number of likely N-dealkylation sites (tertiary alicyclic amines) is 1. The van der Waals surface area contributed by atoms with E-state index in [0.717, 1.165) is 45.6 Å². The number of ether oxygens (including phenoxy) is 2. The third-order valence-corrected chi connectivity index (χ3v) is 4.74. The van der Waals surface area contributed by atoms with Crippen molar-refractivity contribution >= 4 is 17.5 Å². The Bertz CT molecular complexity index is 558.